The van der Waals surface area contributed by atoms with Gasteiger partial charge in [0.2, 0.25) is 0 Å². The summed E-state index contributed by atoms with van der Waals surface area (Å²) in [5.41, 5.74) is 0.616. The number of anilines is 1. The number of aryl methyl sites for hydroxylation is 1. The van der Waals surface area contributed by atoms with Gasteiger partial charge in [-0.15, -0.1) is 11.3 Å². The van der Waals surface area contributed by atoms with Crippen molar-refractivity contribution < 1.29 is 8.42 Å². The van der Waals surface area contributed by atoms with Crippen molar-refractivity contribution in [1.29, 1.82) is 0 Å². The maximum atomic E-state index is 11.7. The van der Waals surface area contributed by atoms with Crippen LogP contribution in [0, 0.1) is 6.92 Å². The van der Waals surface area contributed by atoms with E-state index in [1.807, 2.05) is 26.1 Å². The Morgan fingerprint density at radius 2 is 2.00 bits per heavy atom. The molecule has 1 heterocycles. The van der Waals surface area contributed by atoms with E-state index in [2.05, 4.69) is 10.3 Å². The van der Waals surface area contributed by atoms with Gasteiger partial charge in [-0.25, -0.2) is 13.4 Å². The third kappa shape index (κ3) is 3.33. The van der Waals surface area contributed by atoms with Gasteiger partial charge in [0.25, 0.3) is 0 Å². The number of aromatic nitrogens is 1. The number of rotatable bonds is 4. The Labute approximate surface area is 117 Å². The summed E-state index contributed by atoms with van der Waals surface area (Å²) in [6.45, 7) is 3.97. The average Bonchev–Trinajstić information content (AvgIpc) is 2.75. The highest BCUT2D eigenvalue weighted by Gasteiger charge is 2.16. The lowest BCUT2D eigenvalue weighted by Crippen LogP contribution is -2.10. The zero-order valence-corrected chi connectivity index (χ0v) is 12.7. The van der Waals surface area contributed by atoms with E-state index in [9.17, 15) is 8.42 Å². The SMILES string of the molecule is Cc1cnc(C(C)Nc2ccccc2S(C)(=O)=O)s1. The van der Waals surface area contributed by atoms with Crippen molar-refractivity contribution in [3.8, 4) is 0 Å². The van der Waals surface area contributed by atoms with E-state index in [4.69, 9.17) is 0 Å². The number of benzene rings is 1. The first-order chi connectivity index (χ1) is 8.88. The number of nitrogens with one attached hydrogen (secondary N) is 1. The summed E-state index contributed by atoms with van der Waals surface area (Å²) in [7, 11) is -3.24. The molecular weight excluding hydrogens is 280 g/mol. The van der Waals surface area contributed by atoms with Crippen LogP contribution in [-0.4, -0.2) is 19.7 Å². The van der Waals surface area contributed by atoms with Crippen molar-refractivity contribution in [2.45, 2.75) is 24.8 Å². The molecular formula is C13H16N2O2S2. The fraction of sp³-hybridized carbons (Fsp3) is 0.308. The molecule has 19 heavy (non-hydrogen) atoms. The summed E-state index contributed by atoms with van der Waals surface area (Å²) < 4.78 is 23.4. The van der Waals surface area contributed by atoms with E-state index in [0.717, 1.165) is 9.88 Å². The van der Waals surface area contributed by atoms with Crippen molar-refractivity contribution in [2.75, 3.05) is 11.6 Å². The molecule has 0 aliphatic carbocycles. The second-order valence-electron chi connectivity index (χ2n) is 4.44. The summed E-state index contributed by atoms with van der Waals surface area (Å²) >= 11 is 1.61. The predicted molar refractivity (Wildman–Crippen MR) is 78.4 cm³/mol. The monoisotopic (exact) mass is 296 g/mol. The first-order valence-corrected chi connectivity index (χ1v) is 8.56. The van der Waals surface area contributed by atoms with Crippen LogP contribution in [0.15, 0.2) is 35.4 Å². The van der Waals surface area contributed by atoms with E-state index >= 15 is 0 Å². The zero-order valence-electron chi connectivity index (χ0n) is 11.0. The third-order valence-corrected chi connectivity index (χ3v) is 4.92. The number of nitrogens with zero attached hydrogens (tertiary/aromatic N) is 1. The van der Waals surface area contributed by atoms with Gasteiger partial charge in [0, 0.05) is 17.3 Å². The molecule has 0 fully saturated rings. The van der Waals surface area contributed by atoms with Crippen LogP contribution < -0.4 is 5.32 Å². The van der Waals surface area contributed by atoms with Crippen molar-refractivity contribution in [3.63, 3.8) is 0 Å². The molecule has 1 atom stereocenters. The van der Waals surface area contributed by atoms with Crippen LogP contribution >= 0.6 is 11.3 Å². The molecule has 0 aliphatic heterocycles. The van der Waals surface area contributed by atoms with Crippen molar-refractivity contribution in [3.05, 3.63) is 40.3 Å². The Hall–Kier alpha value is -1.40. The van der Waals surface area contributed by atoms with Gasteiger partial charge in [0.1, 0.15) is 5.01 Å². The molecule has 1 aromatic heterocycles. The normalized spacial score (nSPS) is 13.2. The van der Waals surface area contributed by atoms with E-state index in [-0.39, 0.29) is 6.04 Å². The Bertz CT molecular complexity index is 677. The topological polar surface area (TPSA) is 59.1 Å². The largest absolute Gasteiger partial charge is 0.375 e. The molecule has 2 rings (SSSR count). The first-order valence-electron chi connectivity index (χ1n) is 5.86. The van der Waals surface area contributed by atoms with Crippen molar-refractivity contribution in [1.82, 2.24) is 4.98 Å². The van der Waals surface area contributed by atoms with Crippen LogP contribution in [0.1, 0.15) is 22.9 Å². The molecule has 102 valence electrons. The molecule has 1 unspecified atom stereocenters. The minimum Gasteiger partial charge on any atom is -0.375 e. The van der Waals surface area contributed by atoms with Crippen molar-refractivity contribution in [2.24, 2.45) is 0 Å². The highest BCUT2D eigenvalue weighted by molar-refractivity contribution is 7.90. The van der Waals surface area contributed by atoms with Gasteiger partial charge < -0.3 is 5.32 Å². The van der Waals surface area contributed by atoms with E-state index < -0.39 is 9.84 Å². The van der Waals surface area contributed by atoms with Gasteiger partial charge in [-0.1, -0.05) is 12.1 Å². The lowest BCUT2D eigenvalue weighted by atomic mass is 10.2. The lowest BCUT2D eigenvalue weighted by molar-refractivity contribution is 0.602. The minimum absolute atomic E-state index is 0.0263. The van der Waals surface area contributed by atoms with Gasteiger partial charge in [0.05, 0.1) is 16.6 Å². The molecule has 0 saturated heterocycles. The maximum Gasteiger partial charge on any atom is 0.177 e. The third-order valence-electron chi connectivity index (χ3n) is 2.67. The number of sulfone groups is 1. The Kier molecular flexibility index (Phi) is 3.91. The van der Waals surface area contributed by atoms with Crippen LogP contribution in [-0.2, 0) is 9.84 Å². The molecule has 0 bridgehead atoms. The minimum atomic E-state index is -3.24. The van der Waals surface area contributed by atoms with Crippen LogP contribution in [0.25, 0.3) is 0 Å². The quantitative estimate of drug-likeness (QED) is 0.942. The molecule has 1 aromatic carbocycles. The molecule has 2 aromatic rings. The number of hydrogen-bond acceptors (Lipinski definition) is 5. The van der Waals surface area contributed by atoms with Gasteiger partial charge >= 0.3 is 0 Å². The molecule has 0 saturated carbocycles. The second-order valence-corrected chi connectivity index (χ2v) is 7.69. The maximum absolute atomic E-state index is 11.7. The number of thiazole rings is 1. The predicted octanol–water partition coefficient (Wildman–Crippen LogP) is 3.03. The smallest absolute Gasteiger partial charge is 0.177 e. The van der Waals surface area contributed by atoms with Crippen LogP contribution in [0.4, 0.5) is 5.69 Å². The first kappa shape index (κ1) is 14.0. The fourth-order valence-corrected chi connectivity index (χ4v) is 3.41. The van der Waals surface area contributed by atoms with Gasteiger partial charge in [-0.2, -0.15) is 0 Å². The molecule has 0 radical (unpaired) electrons. The highest BCUT2D eigenvalue weighted by Crippen LogP contribution is 2.27. The van der Waals surface area contributed by atoms with E-state index in [1.54, 1.807) is 29.5 Å². The summed E-state index contributed by atoms with van der Waals surface area (Å²) in [6.07, 6.45) is 3.03. The van der Waals surface area contributed by atoms with Crippen LogP contribution in [0.2, 0.25) is 0 Å². The van der Waals surface area contributed by atoms with E-state index in [0.29, 0.717) is 10.6 Å². The summed E-state index contributed by atoms with van der Waals surface area (Å²) in [5.74, 6) is 0. The lowest BCUT2D eigenvalue weighted by Gasteiger charge is -2.15. The van der Waals surface area contributed by atoms with Crippen LogP contribution in [0.5, 0.6) is 0 Å². The molecule has 4 nitrogen and oxygen atoms in total. The second kappa shape index (κ2) is 5.30. The highest BCUT2D eigenvalue weighted by atomic mass is 32.2. The van der Waals surface area contributed by atoms with Gasteiger partial charge in [0.15, 0.2) is 9.84 Å². The number of hydrogen-bond donors (Lipinski definition) is 1. The Balaban J connectivity index is 2.29. The zero-order chi connectivity index (χ0) is 14.0. The standard InChI is InChI=1S/C13H16N2O2S2/c1-9-8-14-13(18-9)10(2)15-11-6-4-5-7-12(11)19(3,16)17/h4-8,10,15H,1-3H3. The Morgan fingerprint density at radius 1 is 1.32 bits per heavy atom. The molecule has 6 heteroatoms. The summed E-state index contributed by atoms with van der Waals surface area (Å²) in [4.78, 5) is 5.76. The summed E-state index contributed by atoms with van der Waals surface area (Å²) in [6, 6.07) is 6.89. The summed E-state index contributed by atoms with van der Waals surface area (Å²) in [5, 5.41) is 4.16. The average molecular weight is 296 g/mol. The molecule has 1 N–H and O–H groups in total. The van der Waals surface area contributed by atoms with Crippen molar-refractivity contribution >= 4 is 26.9 Å². The molecule has 0 aliphatic rings. The van der Waals surface area contributed by atoms with Gasteiger partial charge in [-0.3, -0.25) is 0 Å². The number of para-hydroxylation sites is 1. The molecule has 0 spiro atoms. The fourth-order valence-electron chi connectivity index (χ4n) is 1.78. The molecule has 0 amide bonds. The Morgan fingerprint density at radius 3 is 2.58 bits per heavy atom. The van der Waals surface area contributed by atoms with E-state index in [1.165, 1.54) is 6.26 Å². The van der Waals surface area contributed by atoms with Gasteiger partial charge in [-0.05, 0) is 26.0 Å². The van der Waals surface area contributed by atoms with Crippen LogP contribution in [0.3, 0.4) is 0 Å².